The van der Waals surface area contributed by atoms with E-state index >= 15 is 0 Å². The van der Waals surface area contributed by atoms with E-state index in [1.165, 1.54) is 4.90 Å². The molecule has 1 aromatic carbocycles. The molecule has 0 aliphatic carbocycles. The van der Waals surface area contributed by atoms with Gasteiger partial charge in [-0.2, -0.15) is 0 Å². The van der Waals surface area contributed by atoms with Gasteiger partial charge in [0.25, 0.3) is 0 Å². The monoisotopic (exact) mass is 289 g/mol. The van der Waals surface area contributed by atoms with Gasteiger partial charge in [0.05, 0.1) is 0 Å². The van der Waals surface area contributed by atoms with Crippen molar-refractivity contribution in [3.8, 4) is 0 Å². The number of benzene rings is 1. The molecular weight excluding hydrogens is 266 g/mol. The number of aliphatic carboxylic acids is 1. The number of rotatable bonds is 6. The number of carbonyl (C=O) groups excluding carboxylic acids is 1. The molecule has 0 fully saturated rings. The maximum absolute atomic E-state index is 12.9. The van der Waals surface area contributed by atoms with Crippen molar-refractivity contribution in [1.29, 1.82) is 0 Å². The van der Waals surface area contributed by atoms with Crippen LogP contribution in [0.15, 0.2) is 24.3 Å². The Kier molecular flexibility index (Phi) is 4.99. The molecule has 1 atom stereocenters. The second kappa shape index (κ2) is 6.74. The summed E-state index contributed by atoms with van der Waals surface area (Å²) in [4.78, 5) is 25.9. The molecular formula is C17H23NO3. The Bertz CT molecular complexity index is 521. The van der Waals surface area contributed by atoms with Gasteiger partial charge in [0.15, 0.2) is 0 Å². The van der Waals surface area contributed by atoms with Gasteiger partial charge in [-0.05, 0) is 24.5 Å². The molecule has 0 spiro atoms. The molecule has 0 radical (unpaired) electrons. The van der Waals surface area contributed by atoms with Crippen molar-refractivity contribution in [2.75, 3.05) is 4.90 Å². The predicted octanol–water partition coefficient (Wildman–Crippen LogP) is 3.25. The minimum Gasteiger partial charge on any atom is -0.480 e. The quantitative estimate of drug-likeness (QED) is 0.874. The number of hydrogen-bond donors (Lipinski definition) is 1. The minimum absolute atomic E-state index is 0.0314. The topological polar surface area (TPSA) is 57.6 Å². The highest BCUT2D eigenvalue weighted by Crippen LogP contribution is 2.34. The molecule has 114 valence electrons. The molecule has 1 amide bonds. The average Bonchev–Trinajstić information content (AvgIpc) is 2.86. The number of carboxylic acid groups (broad SMARTS) is 1. The average molecular weight is 289 g/mol. The molecule has 4 nitrogen and oxygen atoms in total. The Labute approximate surface area is 125 Å². The van der Waals surface area contributed by atoms with Crippen molar-refractivity contribution >= 4 is 17.6 Å². The normalized spacial score (nSPS) is 17.1. The van der Waals surface area contributed by atoms with E-state index in [2.05, 4.69) is 13.8 Å². The van der Waals surface area contributed by atoms with Crippen molar-refractivity contribution in [3.05, 3.63) is 29.8 Å². The molecule has 1 heterocycles. The van der Waals surface area contributed by atoms with Gasteiger partial charge in [0.1, 0.15) is 6.04 Å². The lowest BCUT2D eigenvalue weighted by Crippen LogP contribution is -2.45. The molecule has 21 heavy (non-hydrogen) atoms. The summed E-state index contributed by atoms with van der Waals surface area (Å²) < 4.78 is 0. The summed E-state index contributed by atoms with van der Waals surface area (Å²) >= 11 is 0. The van der Waals surface area contributed by atoms with Gasteiger partial charge in [0, 0.05) is 18.0 Å². The summed E-state index contributed by atoms with van der Waals surface area (Å²) in [7, 11) is 0. The Morgan fingerprint density at radius 1 is 1.24 bits per heavy atom. The first-order valence-electron chi connectivity index (χ1n) is 7.73. The van der Waals surface area contributed by atoms with Crippen LogP contribution in [0.2, 0.25) is 0 Å². The smallest absolute Gasteiger partial charge is 0.327 e. The zero-order valence-corrected chi connectivity index (χ0v) is 12.7. The van der Waals surface area contributed by atoms with Crippen LogP contribution < -0.4 is 4.90 Å². The highest BCUT2D eigenvalue weighted by molar-refractivity contribution is 6.02. The summed E-state index contributed by atoms with van der Waals surface area (Å²) in [5.41, 5.74) is 1.72. The van der Waals surface area contributed by atoms with Crippen molar-refractivity contribution in [2.45, 2.75) is 52.0 Å². The molecule has 1 N–H and O–H groups in total. The molecule has 1 aliphatic rings. The van der Waals surface area contributed by atoms with Crippen LogP contribution in [0, 0.1) is 5.92 Å². The van der Waals surface area contributed by atoms with Crippen LogP contribution in [0.1, 0.15) is 45.1 Å². The number of anilines is 1. The number of carbonyl (C=O) groups is 2. The van der Waals surface area contributed by atoms with Crippen molar-refractivity contribution < 1.29 is 14.7 Å². The number of carboxylic acids is 1. The van der Waals surface area contributed by atoms with Gasteiger partial charge >= 0.3 is 5.97 Å². The van der Waals surface area contributed by atoms with Gasteiger partial charge in [0.2, 0.25) is 5.91 Å². The van der Waals surface area contributed by atoms with E-state index in [9.17, 15) is 14.7 Å². The third kappa shape index (κ3) is 3.09. The van der Waals surface area contributed by atoms with Gasteiger partial charge in [-0.3, -0.25) is 9.69 Å². The number of hydrogen-bond acceptors (Lipinski definition) is 2. The van der Waals surface area contributed by atoms with Crippen molar-refractivity contribution in [3.63, 3.8) is 0 Å². The fourth-order valence-electron chi connectivity index (χ4n) is 3.14. The van der Waals surface area contributed by atoms with Crippen LogP contribution in [0.4, 0.5) is 5.69 Å². The van der Waals surface area contributed by atoms with E-state index in [1.54, 1.807) is 0 Å². The second-order valence-electron chi connectivity index (χ2n) is 5.67. The van der Waals surface area contributed by atoms with E-state index < -0.39 is 12.0 Å². The molecule has 0 unspecified atom stereocenters. The van der Waals surface area contributed by atoms with E-state index in [4.69, 9.17) is 0 Å². The number of para-hydroxylation sites is 1. The van der Waals surface area contributed by atoms with Gasteiger partial charge in [-0.25, -0.2) is 4.79 Å². The van der Waals surface area contributed by atoms with Crippen LogP contribution >= 0.6 is 0 Å². The fourth-order valence-corrected chi connectivity index (χ4v) is 3.14. The van der Waals surface area contributed by atoms with Crippen LogP contribution in [0.5, 0.6) is 0 Å². The lowest BCUT2D eigenvalue weighted by Gasteiger charge is -2.27. The van der Waals surface area contributed by atoms with E-state index in [-0.39, 0.29) is 11.8 Å². The number of fused-ring (bicyclic) bond motifs is 1. The summed E-state index contributed by atoms with van der Waals surface area (Å²) in [6.45, 7) is 4.12. The molecule has 1 aliphatic heterocycles. The molecule has 1 aromatic rings. The largest absolute Gasteiger partial charge is 0.480 e. The van der Waals surface area contributed by atoms with Crippen LogP contribution in [-0.2, 0) is 16.0 Å². The minimum atomic E-state index is -0.925. The third-order valence-corrected chi connectivity index (χ3v) is 4.12. The highest BCUT2D eigenvalue weighted by Gasteiger charge is 2.40. The Morgan fingerprint density at radius 3 is 2.43 bits per heavy atom. The number of amides is 1. The zero-order chi connectivity index (χ0) is 15.4. The number of nitrogens with zero attached hydrogens (tertiary/aromatic N) is 1. The SMILES string of the molecule is CCCC(CCC)C(=O)N1c2ccccc2C[C@H]1C(=O)O. The predicted molar refractivity (Wildman–Crippen MR) is 82.4 cm³/mol. The standard InChI is InChI=1S/C17H23NO3/c1-3-7-12(8-4-2)16(19)18-14-10-6-5-9-13(14)11-15(18)17(20)21/h5-6,9-10,12,15H,3-4,7-8,11H2,1-2H3,(H,20,21)/t15-/m0/s1. The molecule has 2 rings (SSSR count). The Hall–Kier alpha value is -1.84. The summed E-state index contributed by atoms with van der Waals surface area (Å²) in [6.07, 6.45) is 3.91. The molecule has 0 aromatic heterocycles. The highest BCUT2D eigenvalue weighted by atomic mass is 16.4. The van der Waals surface area contributed by atoms with Crippen LogP contribution in [0.3, 0.4) is 0 Å². The first-order chi connectivity index (χ1) is 10.1. The van der Waals surface area contributed by atoms with Crippen LogP contribution in [-0.4, -0.2) is 23.0 Å². The molecule has 4 heteroatoms. The van der Waals surface area contributed by atoms with E-state index in [1.807, 2.05) is 24.3 Å². The van der Waals surface area contributed by atoms with E-state index in [0.717, 1.165) is 36.9 Å². The lowest BCUT2D eigenvalue weighted by molar-refractivity contribution is -0.140. The summed E-state index contributed by atoms with van der Waals surface area (Å²) in [5, 5.41) is 9.45. The third-order valence-electron chi connectivity index (χ3n) is 4.12. The van der Waals surface area contributed by atoms with E-state index in [0.29, 0.717) is 6.42 Å². The van der Waals surface area contributed by atoms with Gasteiger partial charge < -0.3 is 5.11 Å². The molecule has 0 saturated carbocycles. The van der Waals surface area contributed by atoms with Crippen LogP contribution in [0.25, 0.3) is 0 Å². The summed E-state index contributed by atoms with van der Waals surface area (Å²) in [5.74, 6) is -1.03. The zero-order valence-electron chi connectivity index (χ0n) is 12.7. The molecule has 0 saturated heterocycles. The Morgan fingerprint density at radius 2 is 1.86 bits per heavy atom. The lowest BCUT2D eigenvalue weighted by atomic mass is 9.96. The van der Waals surface area contributed by atoms with Crippen molar-refractivity contribution in [2.24, 2.45) is 5.92 Å². The maximum atomic E-state index is 12.9. The van der Waals surface area contributed by atoms with Gasteiger partial charge in [-0.15, -0.1) is 0 Å². The summed E-state index contributed by atoms with van der Waals surface area (Å²) in [6, 6.07) is 6.75. The first kappa shape index (κ1) is 15.5. The fraction of sp³-hybridized carbons (Fsp3) is 0.529. The maximum Gasteiger partial charge on any atom is 0.327 e. The van der Waals surface area contributed by atoms with Crippen molar-refractivity contribution in [1.82, 2.24) is 0 Å². The second-order valence-corrected chi connectivity index (χ2v) is 5.67. The van der Waals surface area contributed by atoms with Gasteiger partial charge in [-0.1, -0.05) is 44.9 Å². The Balaban J connectivity index is 2.33. The first-order valence-corrected chi connectivity index (χ1v) is 7.73. The molecule has 0 bridgehead atoms.